The number of nitriles is 1. The second-order valence-electron chi connectivity index (χ2n) is 4.00. The summed E-state index contributed by atoms with van der Waals surface area (Å²) in [5.41, 5.74) is 1.08. The van der Waals surface area contributed by atoms with Gasteiger partial charge >= 0.3 is 0 Å². The lowest BCUT2D eigenvalue weighted by molar-refractivity contribution is -0.131. The van der Waals surface area contributed by atoms with Crippen molar-refractivity contribution < 1.29 is 4.79 Å². The second kappa shape index (κ2) is 8.54. The van der Waals surface area contributed by atoms with Gasteiger partial charge in [0, 0.05) is 25.4 Å². The van der Waals surface area contributed by atoms with Gasteiger partial charge in [0.25, 0.3) is 0 Å². The van der Waals surface area contributed by atoms with Crippen molar-refractivity contribution >= 4 is 17.5 Å². The molecule has 1 amide bonds. The monoisotopic (exact) mass is 264 g/mol. The van der Waals surface area contributed by atoms with Crippen LogP contribution in [0.4, 0.5) is 0 Å². The lowest BCUT2D eigenvalue weighted by Gasteiger charge is -2.21. The van der Waals surface area contributed by atoms with Crippen LogP contribution in [-0.2, 0) is 11.3 Å². The van der Waals surface area contributed by atoms with E-state index < -0.39 is 0 Å². The molecular formula is C14H17ClN2O. The molecule has 0 N–H and O–H groups in total. The number of alkyl halides is 1. The maximum absolute atomic E-state index is 12.0. The van der Waals surface area contributed by atoms with Gasteiger partial charge < -0.3 is 4.90 Å². The zero-order valence-corrected chi connectivity index (χ0v) is 11.1. The van der Waals surface area contributed by atoms with E-state index in [1.54, 1.807) is 4.90 Å². The molecule has 0 atom stereocenters. The number of rotatable bonds is 7. The van der Waals surface area contributed by atoms with E-state index in [2.05, 4.69) is 6.07 Å². The first-order valence-electron chi connectivity index (χ1n) is 6.02. The maximum atomic E-state index is 12.0. The summed E-state index contributed by atoms with van der Waals surface area (Å²) in [6, 6.07) is 11.9. The van der Waals surface area contributed by atoms with Gasteiger partial charge in [0.05, 0.1) is 12.5 Å². The number of nitrogens with zero attached hydrogens (tertiary/aromatic N) is 2. The number of amides is 1. The molecule has 0 aliphatic heterocycles. The Morgan fingerprint density at radius 3 is 2.67 bits per heavy atom. The summed E-state index contributed by atoms with van der Waals surface area (Å²) >= 11 is 5.59. The number of carbonyl (C=O) groups is 1. The quantitative estimate of drug-likeness (QED) is 0.711. The Bertz CT molecular complexity index is 400. The van der Waals surface area contributed by atoms with E-state index in [9.17, 15) is 4.79 Å². The Hall–Kier alpha value is -1.53. The van der Waals surface area contributed by atoms with Crippen LogP contribution in [0.1, 0.15) is 24.8 Å². The fraction of sp³-hybridized carbons (Fsp3) is 0.429. The number of benzene rings is 1. The fourth-order valence-corrected chi connectivity index (χ4v) is 1.79. The van der Waals surface area contributed by atoms with Crippen LogP contribution in [0.3, 0.4) is 0 Å². The summed E-state index contributed by atoms with van der Waals surface area (Å²) in [5.74, 6) is 0.554. The SMILES string of the molecule is N#CCCN(Cc1ccccc1)C(=O)CCCCl. The predicted octanol–water partition coefficient (Wildman–Crippen LogP) is 2.95. The fourth-order valence-electron chi connectivity index (χ4n) is 1.66. The molecule has 0 saturated heterocycles. The molecule has 3 nitrogen and oxygen atoms in total. The van der Waals surface area contributed by atoms with Crippen molar-refractivity contribution in [2.45, 2.75) is 25.8 Å². The summed E-state index contributed by atoms with van der Waals surface area (Å²) in [5, 5.41) is 8.63. The van der Waals surface area contributed by atoms with Gasteiger partial charge in [0.15, 0.2) is 0 Å². The Morgan fingerprint density at radius 1 is 1.33 bits per heavy atom. The highest BCUT2D eigenvalue weighted by Crippen LogP contribution is 2.08. The van der Waals surface area contributed by atoms with Crippen molar-refractivity contribution in [3.63, 3.8) is 0 Å². The first-order valence-corrected chi connectivity index (χ1v) is 6.56. The molecule has 1 rings (SSSR count). The summed E-state index contributed by atoms with van der Waals surface area (Å²) in [7, 11) is 0. The molecule has 0 aliphatic rings. The summed E-state index contributed by atoms with van der Waals surface area (Å²) in [6.07, 6.45) is 1.49. The van der Waals surface area contributed by atoms with E-state index in [0.29, 0.717) is 38.2 Å². The van der Waals surface area contributed by atoms with Gasteiger partial charge in [-0.25, -0.2) is 0 Å². The maximum Gasteiger partial charge on any atom is 0.222 e. The van der Waals surface area contributed by atoms with Crippen LogP contribution in [0, 0.1) is 11.3 Å². The van der Waals surface area contributed by atoms with Crippen LogP contribution in [0.25, 0.3) is 0 Å². The van der Waals surface area contributed by atoms with E-state index >= 15 is 0 Å². The molecule has 96 valence electrons. The number of halogens is 1. The third-order valence-electron chi connectivity index (χ3n) is 2.59. The van der Waals surface area contributed by atoms with Crippen LogP contribution in [0.15, 0.2) is 30.3 Å². The number of hydrogen-bond donors (Lipinski definition) is 0. The standard InChI is InChI=1S/C14H17ClN2O/c15-9-4-8-14(18)17(11-5-10-16)12-13-6-2-1-3-7-13/h1-3,6-7H,4-5,8-9,11-12H2. The van der Waals surface area contributed by atoms with Crippen LogP contribution in [0.2, 0.25) is 0 Å². The Labute approximate surface area is 113 Å². The van der Waals surface area contributed by atoms with Gasteiger partial charge in [0.2, 0.25) is 5.91 Å². The van der Waals surface area contributed by atoms with E-state index in [4.69, 9.17) is 16.9 Å². The zero-order chi connectivity index (χ0) is 13.2. The number of carbonyl (C=O) groups excluding carboxylic acids is 1. The Kier molecular flexibility index (Phi) is 6.90. The molecule has 0 heterocycles. The van der Waals surface area contributed by atoms with Crippen LogP contribution >= 0.6 is 11.6 Å². The third-order valence-corrected chi connectivity index (χ3v) is 2.85. The molecule has 18 heavy (non-hydrogen) atoms. The average Bonchev–Trinajstić information content (AvgIpc) is 2.42. The van der Waals surface area contributed by atoms with E-state index in [1.807, 2.05) is 30.3 Å². The Morgan fingerprint density at radius 2 is 2.06 bits per heavy atom. The summed E-state index contributed by atoms with van der Waals surface area (Å²) in [6.45, 7) is 1.04. The summed E-state index contributed by atoms with van der Waals surface area (Å²) in [4.78, 5) is 13.7. The molecule has 0 fully saturated rings. The lowest BCUT2D eigenvalue weighted by atomic mass is 10.2. The first kappa shape index (κ1) is 14.5. The van der Waals surface area contributed by atoms with Crippen molar-refractivity contribution in [3.8, 4) is 6.07 Å². The van der Waals surface area contributed by atoms with Gasteiger partial charge in [-0.05, 0) is 12.0 Å². The van der Waals surface area contributed by atoms with E-state index in [-0.39, 0.29) is 5.91 Å². The first-order chi connectivity index (χ1) is 8.77. The zero-order valence-electron chi connectivity index (χ0n) is 10.3. The Balaban J connectivity index is 2.60. The minimum Gasteiger partial charge on any atom is -0.337 e. The molecule has 1 aromatic carbocycles. The molecule has 1 aromatic rings. The molecule has 0 unspecified atom stereocenters. The normalized spacial score (nSPS) is 9.78. The highest BCUT2D eigenvalue weighted by molar-refractivity contribution is 6.17. The molecule has 0 radical (unpaired) electrons. The van der Waals surface area contributed by atoms with Crippen LogP contribution in [-0.4, -0.2) is 23.2 Å². The van der Waals surface area contributed by atoms with Crippen molar-refractivity contribution in [1.82, 2.24) is 4.90 Å². The average molecular weight is 265 g/mol. The van der Waals surface area contributed by atoms with E-state index in [0.717, 1.165) is 5.56 Å². The molecule has 4 heteroatoms. The van der Waals surface area contributed by atoms with Crippen molar-refractivity contribution in [2.24, 2.45) is 0 Å². The van der Waals surface area contributed by atoms with Crippen molar-refractivity contribution in [2.75, 3.05) is 12.4 Å². The molecule has 0 spiro atoms. The van der Waals surface area contributed by atoms with Gasteiger partial charge in [-0.2, -0.15) is 5.26 Å². The smallest absolute Gasteiger partial charge is 0.222 e. The molecule has 0 aliphatic carbocycles. The molecular weight excluding hydrogens is 248 g/mol. The summed E-state index contributed by atoms with van der Waals surface area (Å²) < 4.78 is 0. The molecule has 0 aromatic heterocycles. The molecule has 0 bridgehead atoms. The topological polar surface area (TPSA) is 44.1 Å². The van der Waals surface area contributed by atoms with Crippen LogP contribution in [0.5, 0.6) is 0 Å². The highest BCUT2D eigenvalue weighted by Gasteiger charge is 2.12. The van der Waals surface area contributed by atoms with Gasteiger partial charge in [-0.1, -0.05) is 30.3 Å². The van der Waals surface area contributed by atoms with Gasteiger partial charge in [-0.15, -0.1) is 11.6 Å². The lowest BCUT2D eigenvalue weighted by Crippen LogP contribution is -2.31. The van der Waals surface area contributed by atoms with Gasteiger partial charge in [-0.3, -0.25) is 4.79 Å². The van der Waals surface area contributed by atoms with E-state index in [1.165, 1.54) is 0 Å². The van der Waals surface area contributed by atoms with Gasteiger partial charge in [0.1, 0.15) is 0 Å². The minimum atomic E-state index is 0.0646. The third kappa shape index (κ3) is 5.20. The minimum absolute atomic E-state index is 0.0646. The molecule has 0 saturated carbocycles. The second-order valence-corrected chi connectivity index (χ2v) is 4.38. The number of hydrogen-bond acceptors (Lipinski definition) is 2. The van der Waals surface area contributed by atoms with Crippen molar-refractivity contribution in [1.29, 1.82) is 5.26 Å². The largest absolute Gasteiger partial charge is 0.337 e. The van der Waals surface area contributed by atoms with Crippen molar-refractivity contribution in [3.05, 3.63) is 35.9 Å². The predicted molar refractivity (Wildman–Crippen MR) is 72.0 cm³/mol. The van der Waals surface area contributed by atoms with Crippen LogP contribution < -0.4 is 0 Å². The highest BCUT2D eigenvalue weighted by atomic mass is 35.5.